The van der Waals surface area contributed by atoms with E-state index >= 15 is 0 Å². The molecule has 0 aliphatic heterocycles. The molecule has 0 spiro atoms. The van der Waals surface area contributed by atoms with E-state index in [9.17, 15) is 4.39 Å². The van der Waals surface area contributed by atoms with E-state index in [-0.39, 0.29) is 11.9 Å². The third-order valence-electron chi connectivity index (χ3n) is 2.72. The Kier molecular flexibility index (Phi) is 5.71. The van der Waals surface area contributed by atoms with Crippen molar-refractivity contribution in [2.24, 2.45) is 0 Å². The fourth-order valence-electron chi connectivity index (χ4n) is 1.61. The van der Waals surface area contributed by atoms with Crippen molar-refractivity contribution in [3.63, 3.8) is 0 Å². The first-order chi connectivity index (χ1) is 8.11. The van der Waals surface area contributed by atoms with Gasteiger partial charge in [-0.3, -0.25) is 0 Å². The van der Waals surface area contributed by atoms with Gasteiger partial charge in [0.15, 0.2) is 11.6 Å². The summed E-state index contributed by atoms with van der Waals surface area (Å²) in [6, 6.07) is 1.97. The van der Waals surface area contributed by atoms with Gasteiger partial charge in [-0.2, -0.15) is 11.8 Å². The van der Waals surface area contributed by atoms with Crippen molar-refractivity contribution >= 4 is 17.6 Å². The molecule has 1 N–H and O–H groups in total. The van der Waals surface area contributed by atoms with Crippen molar-refractivity contribution in [1.29, 1.82) is 0 Å². The number of thioether (sulfide) groups is 1. The van der Waals surface area contributed by atoms with Crippen LogP contribution >= 0.6 is 11.8 Å². The lowest BCUT2D eigenvalue weighted by Gasteiger charge is -2.26. The molecule has 0 fully saturated rings. The lowest BCUT2D eigenvalue weighted by atomic mass is 10.2. The highest BCUT2D eigenvalue weighted by atomic mass is 32.2. The predicted octanol–water partition coefficient (Wildman–Crippen LogP) is 2.13. The smallest absolute Gasteiger partial charge is 0.170 e. The molecule has 1 unspecified atom stereocenters. The number of rotatable bonds is 6. The minimum atomic E-state index is -0.225. The topological polar surface area (TPSA) is 28.2 Å². The molecule has 96 valence electrons. The van der Waals surface area contributed by atoms with Crippen LogP contribution < -0.4 is 10.2 Å². The molecule has 3 nitrogen and oxygen atoms in total. The van der Waals surface area contributed by atoms with Gasteiger partial charge in [0.05, 0.1) is 0 Å². The Balaban J connectivity index is 2.93. The van der Waals surface area contributed by atoms with Crippen LogP contribution in [0.15, 0.2) is 12.3 Å². The Bertz CT molecular complexity index is 360. The second kappa shape index (κ2) is 6.81. The van der Waals surface area contributed by atoms with Crippen LogP contribution in [0.25, 0.3) is 0 Å². The normalized spacial score (nSPS) is 12.5. The van der Waals surface area contributed by atoms with Gasteiger partial charge < -0.3 is 10.2 Å². The van der Waals surface area contributed by atoms with Gasteiger partial charge in [0.1, 0.15) is 0 Å². The summed E-state index contributed by atoms with van der Waals surface area (Å²) in [4.78, 5) is 6.03. The van der Waals surface area contributed by atoms with Crippen molar-refractivity contribution in [2.75, 3.05) is 31.0 Å². The van der Waals surface area contributed by atoms with E-state index in [1.165, 1.54) is 0 Å². The third-order valence-corrected chi connectivity index (χ3v) is 3.54. The van der Waals surface area contributed by atoms with Crippen molar-refractivity contribution in [1.82, 2.24) is 10.3 Å². The number of halogens is 1. The van der Waals surface area contributed by atoms with E-state index in [1.807, 2.05) is 18.2 Å². The van der Waals surface area contributed by atoms with E-state index in [1.54, 1.807) is 31.1 Å². The van der Waals surface area contributed by atoms with Crippen LogP contribution in [0.3, 0.4) is 0 Å². The first-order valence-corrected chi connectivity index (χ1v) is 7.01. The van der Waals surface area contributed by atoms with Gasteiger partial charge in [-0.15, -0.1) is 0 Å². The number of pyridine rings is 1. The molecule has 1 aromatic heterocycles. The molecule has 0 saturated carbocycles. The van der Waals surface area contributed by atoms with E-state index in [0.29, 0.717) is 17.9 Å². The molecule has 0 radical (unpaired) electrons. The molecule has 0 bridgehead atoms. The highest BCUT2D eigenvalue weighted by molar-refractivity contribution is 7.98. The summed E-state index contributed by atoms with van der Waals surface area (Å²) in [7, 11) is 3.69. The Morgan fingerprint density at radius 1 is 1.59 bits per heavy atom. The minimum absolute atomic E-state index is 0.225. The van der Waals surface area contributed by atoms with Gasteiger partial charge in [-0.25, -0.2) is 9.37 Å². The lowest BCUT2D eigenvalue weighted by Crippen LogP contribution is -2.32. The molecular formula is C12H20FN3S. The van der Waals surface area contributed by atoms with Crippen molar-refractivity contribution in [2.45, 2.75) is 19.5 Å². The fourth-order valence-corrected chi connectivity index (χ4v) is 2.31. The summed E-state index contributed by atoms with van der Waals surface area (Å²) in [6.07, 6.45) is 3.71. The van der Waals surface area contributed by atoms with Crippen LogP contribution in [0.4, 0.5) is 10.2 Å². The zero-order valence-electron chi connectivity index (χ0n) is 10.8. The van der Waals surface area contributed by atoms with Gasteiger partial charge in [0.25, 0.3) is 0 Å². The van der Waals surface area contributed by atoms with Gasteiger partial charge >= 0.3 is 0 Å². The van der Waals surface area contributed by atoms with Crippen LogP contribution in [0.2, 0.25) is 0 Å². The number of anilines is 1. The Labute approximate surface area is 107 Å². The largest absolute Gasteiger partial charge is 0.354 e. The quantitative estimate of drug-likeness (QED) is 0.845. The maximum Gasteiger partial charge on any atom is 0.170 e. The number of nitrogens with zero attached hydrogens (tertiary/aromatic N) is 2. The lowest BCUT2D eigenvalue weighted by molar-refractivity contribution is 0.583. The summed E-state index contributed by atoms with van der Waals surface area (Å²) in [5, 5.41) is 2.95. The summed E-state index contributed by atoms with van der Waals surface area (Å²) in [5.74, 6) is 1.16. The zero-order valence-corrected chi connectivity index (χ0v) is 11.6. The number of hydrogen-bond acceptors (Lipinski definition) is 4. The first-order valence-electron chi connectivity index (χ1n) is 5.61. The Morgan fingerprint density at radius 2 is 2.29 bits per heavy atom. The van der Waals surface area contributed by atoms with E-state index < -0.39 is 0 Å². The Morgan fingerprint density at radius 3 is 2.88 bits per heavy atom. The number of nitrogens with one attached hydrogen (secondary N) is 1. The zero-order chi connectivity index (χ0) is 12.8. The molecule has 1 atom stereocenters. The molecule has 1 aromatic rings. The molecule has 1 heterocycles. The highest BCUT2D eigenvalue weighted by Gasteiger charge is 2.17. The summed E-state index contributed by atoms with van der Waals surface area (Å²) in [5.41, 5.74) is 0.653. The van der Waals surface area contributed by atoms with Crippen LogP contribution in [0.1, 0.15) is 12.5 Å². The van der Waals surface area contributed by atoms with Gasteiger partial charge in [-0.05, 0) is 26.3 Å². The highest BCUT2D eigenvalue weighted by Crippen LogP contribution is 2.20. The minimum Gasteiger partial charge on any atom is -0.354 e. The van der Waals surface area contributed by atoms with Crippen LogP contribution in [-0.2, 0) is 6.54 Å². The molecule has 5 heteroatoms. The SMILES string of the molecule is CNCc1ccnc(N(C)C(C)CSC)c1F. The average molecular weight is 257 g/mol. The molecule has 0 aromatic carbocycles. The standard InChI is InChI=1S/C12H20FN3S/c1-9(8-17-4)16(3)12-11(13)10(7-14-2)5-6-15-12/h5-6,9,14H,7-8H2,1-4H3. The second-order valence-corrected chi connectivity index (χ2v) is 4.96. The van der Waals surface area contributed by atoms with Crippen molar-refractivity contribution in [3.8, 4) is 0 Å². The third kappa shape index (κ3) is 3.57. The molecule has 0 aliphatic rings. The monoisotopic (exact) mass is 257 g/mol. The summed E-state index contributed by atoms with van der Waals surface area (Å²) >= 11 is 1.75. The molecule has 0 aliphatic carbocycles. The first kappa shape index (κ1) is 14.3. The molecule has 17 heavy (non-hydrogen) atoms. The Hall–Kier alpha value is -0.810. The molecule has 0 saturated heterocycles. The van der Waals surface area contributed by atoms with E-state index in [2.05, 4.69) is 17.2 Å². The van der Waals surface area contributed by atoms with E-state index in [4.69, 9.17) is 0 Å². The van der Waals surface area contributed by atoms with Crippen LogP contribution in [0.5, 0.6) is 0 Å². The predicted molar refractivity (Wildman–Crippen MR) is 73.2 cm³/mol. The van der Waals surface area contributed by atoms with Gasteiger partial charge in [-0.1, -0.05) is 0 Å². The number of hydrogen-bond donors (Lipinski definition) is 1. The van der Waals surface area contributed by atoms with Crippen molar-refractivity contribution in [3.05, 3.63) is 23.6 Å². The summed E-state index contributed by atoms with van der Waals surface area (Å²) < 4.78 is 14.2. The van der Waals surface area contributed by atoms with Crippen LogP contribution in [-0.4, -0.2) is 37.1 Å². The van der Waals surface area contributed by atoms with Crippen LogP contribution in [0, 0.1) is 5.82 Å². The average Bonchev–Trinajstić information content (AvgIpc) is 2.31. The maximum atomic E-state index is 14.2. The van der Waals surface area contributed by atoms with Gasteiger partial charge in [0.2, 0.25) is 0 Å². The fraction of sp³-hybridized carbons (Fsp3) is 0.583. The van der Waals surface area contributed by atoms with Crippen molar-refractivity contribution < 1.29 is 4.39 Å². The molecule has 0 amide bonds. The van der Waals surface area contributed by atoms with E-state index in [0.717, 1.165) is 5.75 Å². The molecule has 1 rings (SSSR count). The second-order valence-electron chi connectivity index (χ2n) is 4.05. The molecular weight excluding hydrogens is 237 g/mol. The maximum absolute atomic E-state index is 14.2. The number of aromatic nitrogens is 1. The van der Waals surface area contributed by atoms with Gasteiger partial charge in [0, 0.05) is 37.1 Å². The summed E-state index contributed by atoms with van der Waals surface area (Å²) in [6.45, 7) is 2.59.